The van der Waals surface area contributed by atoms with Crippen LogP contribution in [0.5, 0.6) is 0 Å². The lowest BCUT2D eigenvalue weighted by molar-refractivity contribution is 0.364. The molecule has 0 aliphatic rings. The van der Waals surface area contributed by atoms with Crippen molar-refractivity contribution in [2.24, 2.45) is 10.8 Å². The molecule has 3 N–H and O–H groups in total. The quantitative estimate of drug-likeness (QED) is 0.284. The molecule has 0 spiro atoms. The first kappa shape index (κ1) is 22.3. The Morgan fingerprint density at radius 2 is 1.86 bits per heavy atom. The van der Waals surface area contributed by atoms with Crippen LogP contribution in [0.1, 0.15) is 44.4 Å². The number of nitrogens with two attached hydrogens (primary N) is 1. The average Bonchev–Trinajstić information content (AvgIpc) is 2.67. The van der Waals surface area contributed by atoms with Crippen molar-refractivity contribution in [1.82, 2.24) is 10.3 Å². The largest absolute Gasteiger partial charge is 0.308 e. The molecule has 0 saturated carbocycles. The third-order valence-electron chi connectivity index (χ3n) is 4.45. The molecule has 2 aromatic rings. The maximum Gasteiger partial charge on any atom is 0.142 e. The maximum absolute atomic E-state index is 13.7. The molecule has 0 aromatic heterocycles. The van der Waals surface area contributed by atoms with Gasteiger partial charge in [0.05, 0.1) is 17.6 Å². The molecule has 152 valence electrons. The fourth-order valence-electron chi connectivity index (χ4n) is 2.80. The molecular formula is C21H27ClF2N4. The molecule has 0 bridgehead atoms. The Balaban J connectivity index is 1.95. The first-order valence-corrected chi connectivity index (χ1v) is 9.69. The molecule has 0 radical (unpaired) electrons. The van der Waals surface area contributed by atoms with Gasteiger partial charge in [-0.25, -0.2) is 14.6 Å². The third-order valence-corrected chi connectivity index (χ3v) is 4.76. The van der Waals surface area contributed by atoms with Gasteiger partial charge in [0.25, 0.3) is 0 Å². The Labute approximate surface area is 170 Å². The topological polar surface area (TPSA) is 53.6 Å². The summed E-state index contributed by atoms with van der Waals surface area (Å²) in [5, 5.41) is 5.07. The first-order valence-electron chi connectivity index (χ1n) is 9.31. The Morgan fingerprint density at radius 1 is 1.18 bits per heavy atom. The summed E-state index contributed by atoms with van der Waals surface area (Å²) in [6.45, 7) is 7.06. The van der Waals surface area contributed by atoms with E-state index >= 15 is 0 Å². The van der Waals surface area contributed by atoms with Gasteiger partial charge in [0, 0.05) is 19.0 Å². The minimum Gasteiger partial charge on any atom is -0.308 e. The Kier molecular flexibility index (Phi) is 8.35. The number of hydrogen-bond donors (Lipinski definition) is 2. The second-order valence-electron chi connectivity index (χ2n) is 6.81. The number of hydrogen-bond acceptors (Lipinski definition) is 3. The third kappa shape index (κ3) is 6.55. The second-order valence-corrected chi connectivity index (χ2v) is 7.22. The van der Waals surface area contributed by atoms with Crippen LogP contribution < -0.4 is 11.2 Å². The van der Waals surface area contributed by atoms with Gasteiger partial charge < -0.3 is 5.32 Å². The van der Waals surface area contributed by atoms with Crippen molar-refractivity contribution in [3.8, 4) is 0 Å². The number of benzene rings is 2. The SMILES string of the molecule is CC/C(=N/C(C)c1ccc(Cl)c(F)c1)N(N)CC(C)NCc1ccc(F)cc1. The van der Waals surface area contributed by atoms with Gasteiger partial charge >= 0.3 is 0 Å². The van der Waals surface area contributed by atoms with Crippen molar-refractivity contribution in [3.63, 3.8) is 0 Å². The zero-order chi connectivity index (χ0) is 20.7. The smallest absolute Gasteiger partial charge is 0.142 e. The van der Waals surface area contributed by atoms with E-state index in [1.807, 2.05) is 20.8 Å². The van der Waals surface area contributed by atoms with E-state index in [-0.39, 0.29) is 22.9 Å². The molecule has 0 saturated heterocycles. The number of amidine groups is 1. The van der Waals surface area contributed by atoms with E-state index in [0.29, 0.717) is 19.5 Å². The second kappa shape index (κ2) is 10.5. The van der Waals surface area contributed by atoms with Gasteiger partial charge in [-0.3, -0.25) is 10.0 Å². The highest BCUT2D eigenvalue weighted by molar-refractivity contribution is 6.30. The minimum absolute atomic E-state index is 0.0927. The van der Waals surface area contributed by atoms with Gasteiger partial charge in [-0.15, -0.1) is 0 Å². The molecule has 2 atom stereocenters. The first-order chi connectivity index (χ1) is 13.3. The van der Waals surface area contributed by atoms with Crippen molar-refractivity contribution in [2.75, 3.05) is 6.54 Å². The van der Waals surface area contributed by atoms with Crippen LogP contribution in [0.25, 0.3) is 0 Å². The van der Waals surface area contributed by atoms with Crippen molar-refractivity contribution >= 4 is 17.4 Å². The van der Waals surface area contributed by atoms with Crippen LogP contribution in [0.3, 0.4) is 0 Å². The molecule has 28 heavy (non-hydrogen) atoms. The van der Waals surface area contributed by atoms with Crippen molar-refractivity contribution < 1.29 is 8.78 Å². The van der Waals surface area contributed by atoms with Crippen LogP contribution in [-0.2, 0) is 6.54 Å². The van der Waals surface area contributed by atoms with Crippen LogP contribution in [0.15, 0.2) is 47.5 Å². The van der Waals surface area contributed by atoms with E-state index in [0.717, 1.165) is 17.0 Å². The van der Waals surface area contributed by atoms with Crippen LogP contribution in [0.4, 0.5) is 8.78 Å². The van der Waals surface area contributed by atoms with Gasteiger partial charge in [-0.2, -0.15) is 0 Å². The summed E-state index contributed by atoms with van der Waals surface area (Å²) in [6.07, 6.45) is 0.654. The van der Waals surface area contributed by atoms with E-state index in [1.165, 1.54) is 24.3 Å². The summed E-state index contributed by atoms with van der Waals surface area (Å²) in [5.74, 6) is 6.25. The van der Waals surface area contributed by atoms with Crippen LogP contribution >= 0.6 is 11.6 Å². The minimum atomic E-state index is -0.456. The molecule has 7 heteroatoms. The van der Waals surface area contributed by atoms with E-state index < -0.39 is 5.82 Å². The highest BCUT2D eigenvalue weighted by Crippen LogP contribution is 2.23. The molecule has 4 nitrogen and oxygen atoms in total. The summed E-state index contributed by atoms with van der Waals surface area (Å²) >= 11 is 5.74. The van der Waals surface area contributed by atoms with E-state index in [2.05, 4.69) is 10.3 Å². The lowest BCUT2D eigenvalue weighted by Crippen LogP contribution is -2.46. The molecule has 0 heterocycles. The standard InChI is InChI=1S/C21H27ClF2N4/c1-4-21(27-15(3)17-7-10-19(22)20(24)11-17)28(25)13-14(2)26-12-16-5-8-18(23)9-6-16/h5-11,14-15,26H,4,12-13,25H2,1-3H3/b27-21-. The lowest BCUT2D eigenvalue weighted by Gasteiger charge is -2.25. The molecule has 0 aliphatic carbocycles. The molecule has 2 unspecified atom stereocenters. The summed E-state index contributed by atoms with van der Waals surface area (Å²) in [6, 6.07) is 10.9. The van der Waals surface area contributed by atoms with E-state index in [9.17, 15) is 8.78 Å². The van der Waals surface area contributed by atoms with Crippen LogP contribution in [-0.4, -0.2) is 23.4 Å². The number of nitrogens with zero attached hydrogens (tertiary/aromatic N) is 2. The summed E-state index contributed by atoms with van der Waals surface area (Å²) < 4.78 is 26.7. The van der Waals surface area contributed by atoms with Gasteiger partial charge in [0.2, 0.25) is 0 Å². The van der Waals surface area contributed by atoms with E-state index in [4.69, 9.17) is 17.4 Å². The van der Waals surface area contributed by atoms with Gasteiger partial charge in [-0.05, 0) is 49.2 Å². The van der Waals surface area contributed by atoms with Crippen molar-refractivity contribution in [3.05, 3.63) is 70.2 Å². The normalized spacial score (nSPS) is 14.0. The number of hydrazine groups is 1. The van der Waals surface area contributed by atoms with Gasteiger partial charge in [-0.1, -0.05) is 36.7 Å². The van der Waals surface area contributed by atoms with Crippen LogP contribution in [0, 0.1) is 11.6 Å². The number of halogens is 3. The lowest BCUT2D eigenvalue weighted by atomic mass is 10.1. The predicted octanol–water partition coefficient (Wildman–Crippen LogP) is 4.84. The molecule has 0 fully saturated rings. The monoisotopic (exact) mass is 408 g/mol. The molecule has 0 aliphatic heterocycles. The maximum atomic E-state index is 13.7. The molecule has 2 rings (SSSR count). The molecule has 0 amide bonds. The van der Waals surface area contributed by atoms with Crippen LogP contribution in [0.2, 0.25) is 5.02 Å². The Hall–Kier alpha value is -2.02. The Bertz CT molecular complexity index is 795. The van der Waals surface area contributed by atoms with Gasteiger partial charge in [0.1, 0.15) is 17.5 Å². The number of nitrogens with one attached hydrogen (secondary N) is 1. The number of rotatable bonds is 8. The summed E-state index contributed by atoms with van der Waals surface area (Å²) in [4.78, 5) is 4.66. The molecule has 2 aromatic carbocycles. The van der Waals surface area contributed by atoms with Crippen molar-refractivity contribution in [2.45, 2.75) is 45.8 Å². The van der Waals surface area contributed by atoms with Crippen molar-refractivity contribution in [1.29, 1.82) is 0 Å². The zero-order valence-corrected chi connectivity index (χ0v) is 17.2. The van der Waals surface area contributed by atoms with E-state index in [1.54, 1.807) is 23.2 Å². The fraction of sp³-hybridized carbons (Fsp3) is 0.381. The predicted molar refractivity (Wildman–Crippen MR) is 111 cm³/mol. The highest BCUT2D eigenvalue weighted by atomic mass is 35.5. The fourth-order valence-corrected chi connectivity index (χ4v) is 2.92. The summed E-state index contributed by atoms with van der Waals surface area (Å²) in [7, 11) is 0. The average molecular weight is 409 g/mol. The zero-order valence-electron chi connectivity index (χ0n) is 16.4. The van der Waals surface area contributed by atoms with Gasteiger partial charge in [0.15, 0.2) is 0 Å². The Morgan fingerprint density at radius 3 is 2.46 bits per heavy atom. The molecular weight excluding hydrogens is 382 g/mol. The summed E-state index contributed by atoms with van der Waals surface area (Å²) in [5.41, 5.74) is 1.74. The highest BCUT2D eigenvalue weighted by Gasteiger charge is 2.13. The number of aliphatic imine (C=N–C) groups is 1.